The topological polar surface area (TPSA) is 57.6 Å². The van der Waals surface area contributed by atoms with Crippen LogP contribution in [0.5, 0.6) is 0 Å². The highest BCUT2D eigenvalue weighted by molar-refractivity contribution is 7.89. The highest BCUT2D eigenvalue weighted by Gasteiger charge is 2.21. The van der Waals surface area contributed by atoms with Crippen LogP contribution in [-0.4, -0.2) is 31.4 Å². The van der Waals surface area contributed by atoms with Gasteiger partial charge >= 0.3 is 0 Å². The van der Waals surface area contributed by atoms with Gasteiger partial charge in [-0.15, -0.1) is 0 Å². The Labute approximate surface area is 116 Å². The van der Waals surface area contributed by atoms with Crippen LogP contribution < -0.4 is 0 Å². The summed E-state index contributed by atoms with van der Waals surface area (Å²) >= 11 is 0. The molecule has 0 aliphatic heterocycles. The highest BCUT2D eigenvalue weighted by Crippen LogP contribution is 2.19. The first kappa shape index (κ1) is 16.1. The van der Waals surface area contributed by atoms with Gasteiger partial charge in [0.05, 0.1) is 11.5 Å². The molecule has 0 aromatic heterocycles. The molecule has 1 N–H and O–H groups in total. The van der Waals surface area contributed by atoms with Gasteiger partial charge in [-0.3, -0.25) is 0 Å². The normalized spacial score (nSPS) is 12.4. The molecule has 0 aliphatic rings. The quantitative estimate of drug-likeness (QED) is 0.871. The Morgan fingerprint density at radius 3 is 2.47 bits per heavy atom. The van der Waals surface area contributed by atoms with Crippen LogP contribution >= 0.6 is 0 Å². The number of aliphatic hydroxyl groups is 1. The fraction of sp³-hybridized carbons (Fsp3) is 0.571. The van der Waals surface area contributed by atoms with E-state index in [-0.39, 0.29) is 11.5 Å². The maximum Gasteiger partial charge on any atom is 0.242 e. The fourth-order valence-corrected chi connectivity index (χ4v) is 2.96. The van der Waals surface area contributed by atoms with E-state index in [0.717, 1.165) is 12.0 Å². The molecule has 108 valence electrons. The molecule has 0 unspecified atom stereocenters. The van der Waals surface area contributed by atoms with Gasteiger partial charge in [-0.2, -0.15) is 0 Å². The number of hydrogen-bond donors (Lipinski definition) is 1. The standard InChI is InChI=1S/C14H23NO3S/c1-11(2)7-8-15(4)19(17,18)14-6-5-12(3)13(9-14)10-16/h5-6,9,11,16H,7-8,10H2,1-4H3. The molecule has 0 atom stereocenters. The molecule has 0 radical (unpaired) electrons. The summed E-state index contributed by atoms with van der Waals surface area (Å²) in [6.45, 7) is 6.34. The molecule has 1 aromatic rings. The average Bonchev–Trinajstić information content (AvgIpc) is 2.35. The minimum Gasteiger partial charge on any atom is -0.392 e. The van der Waals surface area contributed by atoms with Crippen molar-refractivity contribution in [2.24, 2.45) is 5.92 Å². The number of benzene rings is 1. The maximum atomic E-state index is 12.4. The second-order valence-corrected chi connectivity index (χ2v) is 7.30. The number of rotatable bonds is 6. The largest absolute Gasteiger partial charge is 0.392 e. The van der Waals surface area contributed by atoms with E-state index in [0.29, 0.717) is 18.0 Å². The molecular formula is C14H23NO3S. The lowest BCUT2D eigenvalue weighted by Gasteiger charge is -2.19. The first-order chi connectivity index (χ1) is 8.78. The Morgan fingerprint density at radius 1 is 1.32 bits per heavy atom. The SMILES string of the molecule is Cc1ccc(S(=O)(=O)N(C)CCC(C)C)cc1CO. The van der Waals surface area contributed by atoms with Crippen molar-refractivity contribution in [3.8, 4) is 0 Å². The van der Waals surface area contributed by atoms with Crippen LogP contribution in [-0.2, 0) is 16.6 Å². The van der Waals surface area contributed by atoms with Gasteiger partial charge < -0.3 is 5.11 Å². The first-order valence-electron chi connectivity index (χ1n) is 6.45. The van der Waals surface area contributed by atoms with Crippen molar-refractivity contribution < 1.29 is 13.5 Å². The third-order valence-electron chi connectivity index (χ3n) is 3.22. The van der Waals surface area contributed by atoms with Gasteiger partial charge in [0.2, 0.25) is 10.0 Å². The van der Waals surface area contributed by atoms with E-state index in [1.807, 2.05) is 6.92 Å². The molecule has 1 aromatic carbocycles. The van der Waals surface area contributed by atoms with Crippen molar-refractivity contribution in [2.45, 2.75) is 38.7 Å². The number of aliphatic hydroxyl groups excluding tert-OH is 1. The fourth-order valence-electron chi connectivity index (χ4n) is 1.72. The molecule has 0 saturated carbocycles. The molecule has 0 heterocycles. The smallest absolute Gasteiger partial charge is 0.242 e. The molecule has 1 rings (SSSR count). The van der Waals surface area contributed by atoms with Crippen molar-refractivity contribution in [1.29, 1.82) is 0 Å². The van der Waals surface area contributed by atoms with Crippen LogP contribution in [0.15, 0.2) is 23.1 Å². The van der Waals surface area contributed by atoms with Crippen molar-refractivity contribution >= 4 is 10.0 Å². The Balaban J connectivity index is 2.99. The zero-order valence-electron chi connectivity index (χ0n) is 12.0. The van der Waals surface area contributed by atoms with Gasteiger partial charge in [0.1, 0.15) is 0 Å². The second kappa shape index (κ2) is 6.50. The van der Waals surface area contributed by atoms with Crippen molar-refractivity contribution in [2.75, 3.05) is 13.6 Å². The van der Waals surface area contributed by atoms with Gasteiger partial charge in [0.25, 0.3) is 0 Å². The minimum absolute atomic E-state index is 0.148. The Bertz CT molecular complexity index is 523. The van der Waals surface area contributed by atoms with E-state index in [2.05, 4.69) is 13.8 Å². The average molecular weight is 285 g/mol. The predicted molar refractivity (Wildman–Crippen MR) is 76.4 cm³/mol. The van der Waals surface area contributed by atoms with Crippen LogP contribution in [0.25, 0.3) is 0 Å². The number of aryl methyl sites for hydroxylation is 1. The maximum absolute atomic E-state index is 12.4. The molecule has 0 aliphatic carbocycles. The van der Waals surface area contributed by atoms with Gasteiger partial charge in [-0.05, 0) is 42.5 Å². The van der Waals surface area contributed by atoms with Crippen LogP contribution in [0.3, 0.4) is 0 Å². The summed E-state index contributed by atoms with van der Waals surface area (Å²) in [5.74, 6) is 0.462. The molecule has 0 bridgehead atoms. The summed E-state index contributed by atoms with van der Waals surface area (Å²) in [6.07, 6.45) is 0.828. The molecule has 0 amide bonds. The molecule has 19 heavy (non-hydrogen) atoms. The Morgan fingerprint density at radius 2 is 1.95 bits per heavy atom. The molecule has 5 heteroatoms. The van der Waals surface area contributed by atoms with Gasteiger partial charge in [0.15, 0.2) is 0 Å². The summed E-state index contributed by atoms with van der Waals surface area (Å²) in [4.78, 5) is 0.244. The number of sulfonamides is 1. The lowest BCUT2D eigenvalue weighted by molar-refractivity contribution is 0.280. The lowest BCUT2D eigenvalue weighted by atomic mass is 10.1. The van der Waals surface area contributed by atoms with E-state index >= 15 is 0 Å². The van der Waals surface area contributed by atoms with E-state index in [1.165, 1.54) is 4.31 Å². The summed E-state index contributed by atoms with van der Waals surface area (Å²) in [5, 5.41) is 9.21. The minimum atomic E-state index is -3.46. The monoisotopic (exact) mass is 285 g/mol. The van der Waals surface area contributed by atoms with Gasteiger partial charge in [-0.25, -0.2) is 12.7 Å². The van der Waals surface area contributed by atoms with Crippen LogP contribution in [0.4, 0.5) is 0 Å². The van der Waals surface area contributed by atoms with Crippen molar-refractivity contribution in [3.05, 3.63) is 29.3 Å². The van der Waals surface area contributed by atoms with E-state index in [9.17, 15) is 13.5 Å². The summed E-state index contributed by atoms with van der Waals surface area (Å²) in [7, 11) is -1.87. The van der Waals surface area contributed by atoms with Crippen LogP contribution in [0, 0.1) is 12.8 Å². The summed E-state index contributed by atoms with van der Waals surface area (Å²) in [6, 6.07) is 4.88. The first-order valence-corrected chi connectivity index (χ1v) is 7.89. The molecule has 0 spiro atoms. The Kier molecular flexibility index (Phi) is 5.52. The van der Waals surface area contributed by atoms with Crippen LogP contribution in [0.1, 0.15) is 31.4 Å². The molecule has 0 fully saturated rings. The Hall–Kier alpha value is -0.910. The third kappa shape index (κ3) is 4.03. The molecular weight excluding hydrogens is 262 g/mol. The molecule has 0 saturated heterocycles. The third-order valence-corrected chi connectivity index (χ3v) is 5.07. The summed E-state index contributed by atoms with van der Waals surface area (Å²) in [5.41, 5.74) is 1.55. The van der Waals surface area contributed by atoms with E-state index < -0.39 is 10.0 Å². The molecule has 4 nitrogen and oxygen atoms in total. The van der Waals surface area contributed by atoms with E-state index in [1.54, 1.807) is 25.2 Å². The van der Waals surface area contributed by atoms with Crippen molar-refractivity contribution in [3.63, 3.8) is 0 Å². The van der Waals surface area contributed by atoms with Crippen LogP contribution in [0.2, 0.25) is 0 Å². The predicted octanol–water partition coefficient (Wildman–Crippen LogP) is 2.15. The summed E-state index contributed by atoms with van der Waals surface area (Å²) < 4.78 is 26.1. The van der Waals surface area contributed by atoms with E-state index in [4.69, 9.17) is 0 Å². The lowest BCUT2D eigenvalue weighted by Crippen LogP contribution is -2.28. The van der Waals surface area contributed by atoms with Crippen molar-refractivity contribution in [1.82, 2.24) is 4.31 Å². The number of hydrogen-bond acceptors (Lipinski definition) is 3. The zero-order valence-corrected chi connectivity index (χ0v) is 12.9. The number of nitrogens with zero attached hydrogens (tertiary/aromatic N) is 1. The van der Waals surface area contributed by atoms with Gasteiger partial charge in [-0.1, -0.05) is 19.9 Å². The van der Waals surface area contributed by atoms with Gasteiger partial charge in [0, 0.05) is 13.6 Å². The zero-order chi connectivity index (χ0) is 14.6. The second-order valence-electron chi connectivity index (χ2n) is 5.26. The highest BCUT2D eigenvalue weighted by atomic mass is 32.2.